The van der Waals surface area contributed by atoms with Crippen LogP contribution in [0.3, 0.4) is 0 Å². The van der Waals surface area contributed by atoms with Gasteiger partial charge in [-0.1, -0.05) is 17.7 Å². The number of rotatable bonds is 3. The lowest BCUT2D eigenvalue weighted by Crippen LogP contribution is -2.46. The van der Waals surface area contributed by atoms with Gasteiger partial charge in [-0.05, 0) is 36.8 Å². The summed E-state index contributed by atoms with van der Waals surface area (Å²) in [7, 11) is 1.80. The number of hydrogen-bond acceptors (Lipinski definition) is 3. The number of anilines is 1. The van der Waals surface area contributed by atoms with Crippen molar-refractivity contribution >= 4 is 40.5 Å². The zero-order chi connectivity index (χ0) is 16.1. The van der Waals surface area contributed by atoms with Crippen LogP contribution in [0.1, 0.15) is 5.56 Å². The number of morpholine rings is 1. The van der Waals surface area contributed by atoms with Crippen LogP contribution >= 0.6 is 23.8 Å². The van der Waals surface area contributed by atoms with Crippen molar-refractivity contribution in [3.8, 4) is 0 Å². The monoisotopic (exact) mass is 341 g/mol. The van der Waals surface area contributed by atoms with Gasteiger partial charge in [-0.15, -0.1) is 0 Å². The molecule has 0 radical (unpaired) electrons. The van der Waals surface area contributed by atoms with E-state index in [9.17, 15) is 4.79 Å². The molecule has 1 fully saturated rings. The van der Waals surface area contributed by atoms with Gasteiger partial charge in [0.15, 0.2) is 5.11 Å². The van der Waals surface area contributed by atoms with Crippen LogP contribution in [0.25, 0.3) is 0 Å². The van der Waals surface area contributed by atoms with Gasteiger partial charge in [0, 0.05) is 30.8 Å². The molecule has 0 bridgehead atoms. The van der Waals surface area contributed by atoms with Gasteiger partial charge in [-0.2, -0.15) is 0 Å². The maximum atomic E-state index is 12.2. The van der Waals surface area contributed by atoms with E-state index in [-0.39, 0.29) is 12.5 Å². The van der Waals surface area contributed by atoms with Crippen molar-refractivity contribution in [2.45, 2.75) is 6.92 Å². The minimum absolute atomic E-state index is 0.0527. The number of ether oxygens (including phenoxy) is 1. The number of benzene rings is 1. The molecule has 1 aromatic carbocycles. The Morgan fingerprint density at radius 1 is 1.45 bits per heavy atom. The molecule has 0 aliphatic carbocycles. The molecule has 2 rings (SSSR count). The number of likely N-dealkylation sites (N-methyl/N-ethyl adjacent to an activating group) is 1. The van der Waals surface area contributed by atoms with E-state index < -0.39 is 0 Å². The average molecular weight is 342 g/mol. The molecule has 1 N–H and O–H groups in total. The molecule has 5 nitrogen and oxygen atoms in total. The second kappa shape index (κ2) is 7.76. The highest BCUT2D eigenvalue weighted by atomic mass is 35.5. The Hall–Kier alpha value is -1.37. The molecular formula is C15H20ClN3O2S. The van der Waals surface area contributed by atoms with E-state index in [1.165, 1.54) is 0 Å². The van der Waals surface area contributed by atoms with Gasteiger partial charge in [-0.25, -0.2) is 0 Å². The fourth-order valence-electron chi connectivity index (χ4n) is 2.08. The van der Waals surface area contributed by atoms with Crippen LogP contribution in [-0.4, -0.2) is 60.7 Å². The largest absolute Gasteiger partial charge is 0.378 e. The maximum Gasteiger partial charge on any atom is 0.242 e. The average Bonchev–Trinajstić information content (AvgIpc) is 2.51. The van der Waals surface area contributed by atoms with E-state index in [0.717, 1.165) is 11.3 Å². The standard InChI is InChI=1S/C15H20ClN3O2S/c1-11-3-4-12(9-13(11)16)17-15(22)18(2)10-14(20)19-5-7-21-8-6-19/h3-4,9H,5-8,10H2,1-2H3,(H,17,22). The maximum absolute atomic E-state index is 12.2. The first-order valence-corrected chi connectivity index (χ1v) is 7.90. The number of halogens is 1. The summed E-state index contributed by atoms with van der Waals surface area (Å²) < 4.78 is 5.24. The van der Waals surface area contributed by atoms with Gasteiger partial charge >= 0.3 is 0 Å². The Morgan fingerprint density at radius 2 is 2.14 bits per heavy atom. The molecular weight excluding hydrogens is 322 g/mol. The molecule has 0 atom stereocenters. The van der Waals surface area contributed by atoms with E-state index in [1.807, 2.05) is 25.1 Å². The lowest BCUT2D eigenvalue weighted by molar-refractivity contribution is -0.135. The smallest absolute Gasteiger partial charge is 0.242 e. The van der Waals surface area contributed by atoms with E-state index in [2.05, 4.69) is 5.32 Å². The van der Waals surface area contributed by atoms with E-state index in [4.69, 9.17) is 28.6 Å². The summed E-state index contributed by atoms with van der Waals surface area (Å²) in [4.78, 5) is 15.7. The van der Waals surface area contributed by atoms with E-state index >= 15 is 0 Å². The van der Waals surface area contributed by atoms with Crippen molar-refractivity contribution < 1.29 is 9.53 Å². The normalized spacial score (nSPS) is 14.6. The summed E-state index contributed by atoms with van der Waals surface area (Å²) in [5, 5.41) is 4.26. The fraction of sp³-hybridized carbons (Fsp3) is 0.467. The molecule has 7 heteroatoms. The minimum atomic E-state index is 0.0527. The molecule has 120 valence electrons. The first-order chi connectivity index (χ1) is 10.5. The number of thiocarbonyl (C=S) groups is 1. The quantitative estimate of drug-likeness (QED) is 0.853. The molecule has 1 saturated heterocycles. The summed E-state index contributed by atoms with van der Waals surface area (Å²) in [6, 6.07) is 5.65. The van der Waals surface area contributed by atoms with Crippen molar-refractivity contribution in [3.63, 3.8) is 0 Å². The zero-order valence-electron chi connectivity index (χ0n) is 12.8. The van der Waals surface area contributed by atoms with Crippen molar-refractivity contribution in [2.24, 2.45) is 0 Å². The SMILES string of the molecule is Cc1ccc(NC(=S)N(C)CC(=O)N2CCOCC2)cc1Cl. The number of aryl methyl sites for hydroxylation is 1. The second-order valence-electron chi connectivity index (χ2n) is 5.24. The van der Waals surface area contributed by atoms with Crippen molar-refractivity contribution in [1.82, 2.24) is 9.80 Å². The third kappa shape index (κ3) is 4.56. The summed E-state index contributed by atoms with van der Waals surface area (Å²) in [6.45, 7) is 4.66. The van der Waals surface area contributed by atoms with Gasteiger partial charge in [0.2, 0.25) is 5.91 Å². The zero-order valence-corrected chi connectivity index (χ0v) is 14.3. The molecule has 22 heavy (non-hydrogen) atoms. The number of nitrogens with zero attached hydrogens (tertiary/aromatic N) is 2. The molecule has 1 aliphatic rings. The van der Waals surface area contributed by atoms with E-state index in [0.29, 0.717) is 36.4 Å². The van der Waals surface area contributed by atoms with Crippen molar-refractivity contribution in [2.75, 3.05) is 45.2 Å². The summed E-state index contributed by atoms with van der Waals surface area (Å²) in [6.07, 6.45) is 0. The second-order valence-corrected chi connectivity index (χ2v) is 6.04. The van der Waals surface area contributed by atoms with Crippen LogP contribution in [-0.2, 0) is 9.53 Å². The number of nitrogens with one attached hydrogen (secondary N) is 1. The lowest BCUT2D eigenvalue weighted by atomic mass is 10.2. The van der Waals surface area contributed by atoms with Gasteiger partial charge < -0.3 is 19.9 Å². The topological polar surface area (TPSA) is 44.8 Å². The third-order valence-corrected chi connectivity index (χ3v) is 4.33. The minimum Gasteiger partial charge on any atom is -0.378 e. The van der Waals surface area contributed by atoms with E-state index in [1.54, 1.807) is 16.8 Å². The van der Waals surface area contributed by atoms with Crippen LogP contribution in [0.4, 0.5) is 5.69 Å². The van der Waals surface area contributed by atoms with Crippen LogP contribution < -0.4 is 5.32 Å². The highest BCUT2D eigenvalue weighted by molar-refractivity contribution is 7.80. The highest BCUT2D eigenvalue weighted by Crippen LogP contribution is 2.20. The molecule has 1 aromatic rings. The van der Waals surface area contributed by atoms with Gasteiger partial charge in [-0.3, -0.25) is 4.79 Å². The number of hydrogen-bond donors (Lipinski definition) is 1. The van der Waals surface area contributed by atoms with Crippen LogP contribution in [0, 0.1) is 6.92 Å². The lowest BCUT2D eigenvalue weighted by Gasteiger charge is -2.29. The van der Waals surface area contributed by atoms with Crippen molar-refractivity contribution in [3.05, 3.63) is 28.8 Å². The third-order valence-electron chi connectivity index (χ3n) is 3.51. The van der Waals surface area contributed by atoms with Crippen LogP contribution in [0.15, 0.2) is 18.2 Å². The Labute approximate surface area is 141 Å². The Balaban J connectivity index is 1.88. The summed E-state index contributed by atoms with van der Waals surface area (Å²) >= 11 is 11.4. The van der Waals surface area contributed by atoms with Gasteiger partial charge in [0.05, 0.1) is 19.8 Å². The number of carbonyl (C=O) groups excluding carboxylic acids is 1. The predicted octanol–water partition coefficient (Wildman–Crippen LogP) is 2.14. The highest BCUT2D eigenvalue weighted by Gasteiger charge is 2.19. The Bertz CT molecular complexity index is 562. The van der Waals surface area contributed by atoms with Crippen LogP contribution in [0.5, 0.6) is 0 Å². The molecule has 1 amide bonds. The van der Waals surface area contributed by atoms with Gasteiger partial charge in [0.25, 0.3) is 0 Å². The predicted molar refractivity (Wildman–Crippen MR) is 92.4 cm³/mol. The summed E-state index contributed by atoms with van der Waals surface area (Å²) in [5.41, 5.74) is 1.82. The first-order valence-electron chi connectivity index (χ1n) is 7.11. The van der Waals surface area contributed by atoms with Gasteiger partial charge in [0.1, 0.15) is 0 Å². The molecule has 0 saturated carbocycles. The number of carbonyl (C=O) groups is 1. The van der Waals surface area contributed by atoms with Crippen molar-refractivity contribution in [1.29, 1.82) is 0 Å². The molecule has 1 aliphatic heterocycles. The number of amides is 1. The molecule has 0 unspecified atom stereocenters. The summed E-state index contributed by atoms with van der Waals surface area (Å²) in [5.74, 6) is 0.0527. The Morgan fingerprint density at radius 3 is 2.77 bits per heavy atom. The Kier molecular flexibility index (Phi) is 5.99. The molecule has 0 spiro atoms. The fourth-order valence-corrected chi connectivity index (χ4v) is 2.44. The van der Waals surface area contributed by atoms with Crippen LogP contribution in [0.2, 0.25) is 5.02 Å². The first kappa shape index (κ1) is 17.0. The molecule has 0 aromatic heterocycles. The molecule has 1 heterocycles.